The van der Waals surface area contributed by atoms with E-state index in [1.54, 1.807) is 0 Å². The summed E-state index contributed by atoms with van der Waals surface area (Å²) in [4.78, 5) is 11.1. The first-order chi connectivity index (χ1) is 8.39. The average molecular weight is 316 g/mol. The van der Waals surface area contributed by atoms with Gasteiger partial charge in [0.25, 0.3) is 0 Å². The van der Waals surface area contributed by atoms with Gasteiger partial charge in [0.2, 0.25) is 0 Å². The van der Waals surface area contributed by atoms with Crippen LogP contribution >= 0.6 is 24.0 Å². The SMILES string of the molecule is Cl.O=C1N[C@H](c2c(Cl)cccc2C(F)(F)F)CCO1. The summed E-state index contributed by atoms with van der Waals surface area (Å²) in [5.41, 5.74) is -0.939. The van der Waals surface area contributed by atoms with Crippen LogP contribution in [0.4, 0.5) is 18.0 Å². The first kappa shape index (κ1) is 15.9. The van der Waals surface area contributed by atoms with Gasteiger partial charge in [-0.2, -0.15) is 13.2 Å². The third kappa shape index (κ3) is 3.45. The number of hydrogen-bond donors (Lipinski definition) is 1. The third-order valence-electron chi connectivity index (χ3n) is 2.64. The minimum absolute atomic E-state index is 0. The van der Waals surface area contributed by atoms with Crippen molar-refractivity contribution in [1.82, 2.24) is 5.32 Å². The minimum Gasteiger partial charge on any atom is -0.449 e. The summed E-state index contributed by atoms with van der Waals surface area (Å²) < 4.78 is 43.3. The molecule has 0 unspecified atom stereocenters. The topological polar surface area (TPSA) is 38.3 Å². The lowest BCUT2D eigenvalue weighted by molar-refractivity contribution is -0.138. The van der Waals surface area contributed by atoms with Crippen LogP contribution in [-0.4, -0.2) is 12.7 Å². The molecule has 1 aliphatic rings. The molecule has 0 saturated carbocycles. The van der Waals surface area contributed by atoms with E-state index in [0.717, 1.165) is 6.07 Å². The fraction of sp³-hybridized carbons (Fsp3) is 0.364. The van der Waals surface area contributed by atoms with Crippen molar-refractivity contribution in [3.63, 3.8) is 0 Å². The number of cyclic esters (lactones) is 1. The molecule has 1 heterocycles. The first-order valence-corrected chi connectivity index (χ1v) is 5.56. The van der Waals surface area contributed by atoms with Crippen molar-refractivity contribution in [1.29, 1.82) is 0 Å². The Labute approximate surface area is 118 Å². The predicted molar refractivity (Wildman–Crippen MR) is 65.5 cm³/mol. The Kier molecular flexibility index (Phi) is 4.92. The number of alkyl halides is 3. The molecular weight excluding hydrogens is 306 g/mol. The molecule has 19 heavy (non-hydrogen) atoms. The van der Waals surface area contributed by atoms with Gasteiger partial charge in [0.05, 0.1) is 18.2 Å². The molecule has 1 atom stereocenters. The van der Waals surface area contributed by atoms with E-state index in [1.165, 1.54) is 12.1 Å². The molecule has 1 N–H and O–H groups in total. The molecule has 0 radical (unpaired) electrons. The molecule has 1 aromatic carbocycles. The Bertz CT molecular complexity index is 479. The van der Waals surface area contributed by atoms with Crippen molar-refractivity contribution >= 4 is 30.1 Å². The zero-order valence-electron chi connectivity index (χ0n) is 9.46. The molecule has 0 bridgehead atoms. The summed E-state index contributed by atoms with van der Waals surface area (Å²) >= 11 is 5.82. The predicted octanol–water partition coefficient (Wildman–Crippen LogP) is 3.95. The Hall–Kier alpha value is -1.14. The minimum atomic E-state index is -4.51. The maximum absolute atomic E-state index is 12.9. The fourth-order valence-electron chi connectivity index (χ4n) is 1.88. The highest BCUT2D eigenvalue weighted by Gasteiger charge is 2.37. The molecule has 1 amide bonds. The van der Waals surface area contributed by atoms with Crippen LogP contribution in [0.1, 0.15) is 23.6 Å². The van der Waals surface area contributed by atoms with Gasteiger partial charge in [-0.3, -0.25) is 0 Å². The average Bonchev–Trinajstić information content (AvgIpc) is 2.27. The van der Waals surface area contributed by atoms with Crippen LogP contribution in [-0.2, 0) is 10.9 Å². The van der Waals surface area contributed by atoms with Crippen molar-refractivity contribution in [3.8, 4) is 0 Å². The monoisotopic (exact) mass is 315 g/mol. The van der Waals surface area contributed by atoms with Crippen LogP contribution in [0.2, 0.25) is 5.02 Å². The maximum atomic E-state index is 12.9. The van der Waals surface area contributed by atoms with Crippen LogP contribution in [0, 0.1) is 0 Å². The van der Waals surface area contributed by atoms with Gasteiger partial charge in [-0.05, 0) is 12.1 Å². The largest absolute Gasteiger partial charge is 0.449 e. The number of ether oxygens (including phenoxy) is 1. The van der Waals surface area contributed by atoms with E-state index in [-0.39, 0.29) is 36.0 Å². The Morgan fingerprint density at radius 1 is 1.37 bits per heavy atom. The number of rotatable bonds is 1. The fourth-order valence-corrected chi connectivity index (χ4v) is 2.19. The number of halogens is 5. The van der Waals surface area contributed by atoms with Gasteiger partial charge in [0.15, 0.2) is 0 Å². The van der Waals surface area contributed by atoms with E-state index in [1.807, 2.05) is 0 Å². The van der Waals surface area contributed by atoms with E-state index in [4.69, 9.17) is 11.6 Å². The molecule has 106 valence electrons. The molecule has 8 heteroatoms. The Balaban J connectivity index is 0.00000180. The lowest BCUT2D eigenvalue weighted by atomic mass is 9.97. The van der Waals surface area contributed by atoms with E-state index < -0.39 is 23.9 Å². The second-order valence-electron chi connectivity index (χ2n) is 3.82. The summed E-state index contributed by atoms with van der Waals surface area (Å²) in [7, 11) is 0. The van der Waals surface area contributed by atoms with Crippen molar-refractivity contribution in [2.75, 3.05) is 6.61 Å². The third-order valence-corrected chi connectivity index (χ3v) is 2.97. The van der Waals surface area contributed by atoms with Gasteiger partial charge < -0.3 is 10.1 Å². The highest BCUT2D eigenvalue weighted by atomic mass is 35.5. The van der Waals surface area contributed by atoms with Crippen molar-refractivity contribution in [2.45, 2.75) is 18.6 Å². The zero-order chi connectivity index (χ0) is 13.3. The van der Waals surface area contributed by atoms with Gasteiger partial charge in [0.1, 0.15) is 0 Å². The Morgan fingerprint density at radius 3 is 2.63 bits per heavy atom. The number of carbonyl (C=O) groups excluding carboxylic acids is 1. The lowest BCUT2D eigenvalue weighted by Gasteiger charge is -2.27. The second kappa shape index (κ2) is 5.88. The number of alkyl carbamates (subject to hydrolysis) is 1. The molecule has 1 saturated heterocycles. The van der Waals surface area contributed by atoms with Crippen LogP contribution in [0.5, 0.6) is 0 Å². The molecule has 0 aromatic heterocycles. The van der Waals surface area contributed by atoms with E-state index in [0.29, 0.717) is 0 Å². The van der Waals surface area contributed by atoms with Crippen LogP contribution < -0.4 is 5.32 Å². The number of amides is 1. The summed E-state index contributed by atoms with van der Waals surface area (Å²) in [6.07, 6.45) is -5.00. The van der Waals surface area contributed by atoms with Crippen molar-refractivity contribution < 1.29 is 22.7 Å². The number of carbonyl (C=O) groups is 1. The van der Waals surface area contributed by atoms with E-state index in [9.17, 15) is 18.0 Å². The first-order valence-electron chi connectivity index (χ1n) is 5.18. The van der Waals surface area contributed by atoms with Crippen molar-refractivity contribution in [2.24, 2.45) is 0 Å². The van der Waals surface area contributed by atoms with Gasteiger partial charge in [-0.1, -0.05) is 17.7 Å². The van der Waals surface area contributed by atoms with Gasteiger partial charge >= 0.3 is 12.3 Å². The van der Waals surface area contributed by atoms with Crippen LogP contribution in [0.25, 0.3) is 0 Å². The van der Waals surface area contributed by atoms with Crippen molar-refractivity contribution in [3.05, 3.63) is 34.3 Å². The van der Waals surface area contributed by atoms with Gasteiger partial charge in [-0.15, -0.1) is 12.4 Å². The Morgan fingerprint density at radius 2 is 2.05 bits per heavy atom. The highest BCUT2D eigenvalue weighted by molar-refractivity contribution is 6.31. The number of hydrogen-bond acceptors (Lipinski definition) is 2. The molecule has 1 fully saturated rings. The molecule has 0 aliphatic carbocycles. The van der Waals surface area contributed by atoms with E-state index >= 15 is 0 Å². The zero-order valence-corrected chi connectivity index (χ0v) is 11.0. The molecule has 1 aliphatic heterocycles. The van der Waals surface area contributed by atoms with Crippen LogP contribution in [0.3, 0.4) is 0 Å². The smallest absolute Gasteiger partial charge is 0.416 e. The molecular formula is C11H10Cl2F3NO2. The molecule has 2 rings (SSSR count). The molecule has 3 nitrogen and oxygen atoms in total. The highest BCUT2D eigenvalue weighted by Crippen LogP contribution is 2.39. The quantitative estimate of drug-likeness (QED) is 0.852. The summed E-state index contributed by atoms with van der Waals surface area (Å²) in [5.74, 6) is 0. The number of benzene rings is 1. The summed E-state index contributed by atoms with van der Waals surface area (Å²) in [6.45, 7) is 0.0685. The van der Waals surface area contributed by atoms with Gasteiger partial charge in [-0.25, -0.2) is 4.79 Å². The second-order valence-corrected chi connectivity index (χ2v) is 4.23. The molecule has 0 spiro atoms. The maximum Gasteiger partial charge on any atom is 0.416 e. The normalized spacial score (nSPS) is 19.2. The summed E-state index contributed by atoms with van der Waals surface area (Å²) in [6, 6.07) is 2.77. The number of nitrogens with one attached hydrogen (secondary N) is 1. The standard InChI is InChI=1S/C11H9ClF3NO2.ClH/c12-7-3-1-2-6(11(13,14)15)9(7)8-4-5-18-10(17)16-8;/h1-3,8H,4-5H2,(H,16,17);1H/t8-;/m0./s1. The van der Waals surface area contributed by atoms with Crippen LogP contribution in [0.15, 0.2) is 18.2 Å². The van der Waals surface area contributed by atoms with Gasteiger partial charge in [0, 0.05) is 17.0 Å². The molecule has 1 aromatic rings. The van der Waals surface area contributed by atoms with E-state index in [2.05, 4.69) is 10.1 Å². The lowest BCUT2D eigenvalue weighted by Crippen LogP contribution is -2.36. The summed E-state index contributed by atoms with van der Waals surface area (Å²) in [5, 5.41) is 2.32.